The molecule has 0 amide bonds. The monoisotopic (exact) mass is 414 g/mol. The molecule has 0 aromatic heterocycles. The summed E-state index contributed by atoms with van der Waals surface area (Å²) >= 11 is 0. The second-order valence-electron chi connectivity index (χ2n) is 7.44. The molecule has 4 nitrogen and oxygen atoms in total. The molecule has 4 rings (SSSR count). The number of ether oxygens (including phenoxy) is 3. The van der Waals surface area contributed by atoms with Crippen LogP contribution in [0.15, 0.2) is 60.7 Å². The number of hydrogen-bond donors (Lipinski definition) is 1. The molecule has 5 unspecified atom stereocenters. The average molecular weight is 415 g/mol. The molecule has 1 N–H and O–H groups in total. The highest BCUT2D eigenvalue weighted by atomic mass is 16.7. The van der Waals surface area contributed by atoms with Crippen LogP contribution in [0.2, 0.25) is 0 Å². The Hall–Kier alpha value is -1.72. The first-order chi connectivity index (χ1) is 14.8. The van der Waals surface area contributed by atoms with E-state index in [0.29, 0.717) is 13.0 Å². The van der Waals surface area contributed by atoms with Crippen molar-refractivity contribution in [3.05, 3.63) is 71.8 Å². The SMILES string of the molecule is CC.CCC.OCCC1OC(c2ccccc2)OC2COC(c3ccccc3)CC12. The van der Waals surface area contributed by atoms with Crippen LogP contribution in [0.4, 0.5) is 0 Å². The minimum atomic E-state index is -0.393. The lowest BCUT2D eigenvalue weighted by atomic mass is 9.83. The van der Waals surface area contributed by atoms with Crippen molar-refractivity contribution in [3.63, 3.8) is 0 Å². The van der Waals surface area contributed by atoms with Crippen molar-refractivity contribution in [1.82, 2.24) is 0 Å². The number of aliphatic hydroxyl groups is 1. The van der Waals surface area contributed by atoms with E-state index in [1.54, 1.807) is 0 Å². The molecule has 2 aliphatic rings. The molecular formula is C26H38O4. The molecule has 2 aromatic carbocycles. The van der Waals surface area contributed by atoms with Crippen molar-refractivity contribution >= 4 is 0 Å². The Labute approximate surface area is 182 Å². The summed E-state index contributed by atoms with van der Waals surface area (Å²) in [5.41, 5.74) is 2.20. The third kappa shape index (κ3) is 6.64. The van der Waals surface area contributed by atoms with E-state index in [0.717, 1.165) is 12.0 Å². The van der Waals surface area contributed by atoms with Gasteiger partial charge in [-0.25, -0.2) is 0 Å². The van der Waals surface area contributed by atoms with Gasteiger partial charge in [0.15, 0.2) is 6.29 Å². The van der Waals surface area contributed by atoms with Crippen molar-refractivity contribution in [1.29, 1.82) is 0 Å². The lowest BCUT2D eigenvalue weighted by Gasteiger charge is -2.46. The van der Waals surface area contributed by atoms with E-state index >= 15 is 0 Å². The fourth-order valence-corrected chi connectivity index (χ4v) is 3.86. The predicted molar refractivity (Wildman–Crippen MR) is 121 cm³/mol. The molecule has 2 saturated heterocycles. The third-order valence-electron chi connectivity index (χ3n) is 5.16. The Kier molecular flexibility index (Phi) is 11.1. The Morgan fingerprint density at radius 1 is 0.867 bits per heavy atom. The highest BCUT2D eigenvalue weighted by Crippen LogP contribution is 2.43. The van der Waals surface area contributed by atoms with E-state index in [9.17, 15) is 5.11 Å². The molecule has 0 bridgehead atoms. The summed E-state index contributed by atoms with van der Waals surface area (Å²) in [6.07, 6.45) is 2.36. The van der Waals surface area contributed by atoms with E-state index in [1.165, 1.54) is 12.0 Å². The van der Waals surface area contributed by atoms with Gasteiger partial charge in [0.25, 0.3) is 0 Å². The van der Waals surface area contributed by atoms with Crippen molar-refractivity contribution in [2.45, 2.75) is 71.6 Å². The van der Waals surface area contributed by atoms with Crippen LogP contribution in [-0.2, 0) is 14.2 Å². The molecule has 0 aliphatic carbocycles. The van der Waals surface area contributed by atoms with Crippen molar-refractivity contribution in [2.24, 2.45) is 5.92 Å². The average Bonchev–Trinajstić information content (AvgIpc) is 2.82. The van der Waals surface area contributed by atoms with Crippen molar-refractivity contribution in [2.75, 3.05) is 13.2 Å². The third-order valence-corrected chi connectivity index (χ3v) is 5.16. The molecule has 0 radical (unpaired) electrons. The molecule has 0 spiro atoms. The van der Waals surface area contributed by atoms with Crippen LogP contribution in [0.1, 0.15) is 70.5 Å². The first-order valence-corrected chi connectivity index (χ1v) is 11.4. The second kappa shape index (κ2) is 13.6. The summed E-state index contributed by atoms with van der Waals surface area (Å²) in [7, 11) is 0. The smallest absolute Gasteiger partial charge is 0.184 e. The molecular weight excluding hydrogens is 376 g/mol. The predicted octanol–water partition coefficient (Wildman–Crippen LogP) is 6.07. The van der Waals surface area contributed by atoms with Gasteiger partial charge in [-0.15, -0.1) is 0 Å². The van der Waals surface area contributed by atoms with Gasteiger partial charge in [-0.2, -0.15) is 0 Å². The zero-order chi connectivity index (χ0) is 21.8. The van der Waals surface area contributed by atoms with Crippen molar-refractivity contribution in [3.8, 4) is 0 Å². The molecule has 2 aliphatic heterocycles. The van der Waals surface area contributed by atoms with Crippen LogP contribution in [0.5, 0.6) is 0 Å². The van der Waals surface area contributed by atoms with E-state index < -0.39 is 6.29 Å². The molecule has 2 aromatic rings. The lowest BCUT2D eigenvalue weighted by Crippen LogP contribution is -2.49. The maximum atomic E-state index is 9.50. The van der Waals surface area contributed by atoms with Gasteiger partial charge in [-0.3, -0.25) is 0 Å². The maximum absolute atomic E-state index is 9.50. The number of aliphatic hydroxyl groups excluding tert-OH is 1. The number of hydrogen-bond acceptors (Lipinski definition) is 4. The fourth-order valence-electron chi connectivity index (χ4n) is 3.86. The summed E-state index contributed by atoms with van der Waals surface area (Å²) in [6, 6.07) is 20.3. The number of benzene rings is 2. The molecule has 4 heteroatoms. The zero-order valence-electron chi connectivity index (χ0n) is 18.9. The van der Waals surface area contributed by atoms with Crippen LogP contribution in [0.3, 0.4) is 0 Å². The van der Waals surface area contributed by atoms with Crippen LogP contribution in [-0.4, -0.2) is 30.5 Å². The maximum Gasteiger partial charge on any atom is 0.184 e. The largest absolute Gasteiger partial charge is 0.396 e. The van der Waals surface area contributed by atoms with E-state index in [2.05, 4.69) is 26.0 Å². The molecule has 2 heterocycles. The van der Waals surface area contributed by atoms with Gasteiger partial charge < -0.3 is 19.3 Å². The van der Waals surface area contributed by atoms with Gasteiger partial charge in [0.05, 0.1) is 24.9 Å². The second-order valence-corrected chi connectivity index (χ2v) is 7.44. The Balaban J connectivity index is 0.000000590. The van der Waals surface area contributed by atoms with Crippen molar-refractivity contribution < 1.29 is 19.3 Å². The van der Waals surface area contributed by atoms with Crippen LogP contribution in [0, 0.1) is 5.92 Å². The molecule has 0 saturated carbocycles. The minimum Gasteiger partial charge on any atom is -0.396 e. The van der Waals surface area contributed by atoms with Gasteiger partial charge in [-0.05, 0) is 18.4 Å². The fraction of sp³-hybridized carbons (Fsp3) is 0.538. The van der Waals surface area contributed by atoms with Crippen LogP contribution >= 0.6 is 0 Å². The summed E-state index contributed by atoms with van der Waals surface area (Å²) < 4.78 is 18.5. The van der Waals surface area contributed by atoms with Gasteiger partial charge in [0.1, 0.15) is 0 Å². The Morgan fingerprint density at radius 3 is 2.00 bits per heavy atom. The lowest BCUT2D eigenvalue weighted by molar-refractivity contribution is -0.303. The zero-order valence-corrected chi connectivity index (χ0v) is 18.9. The summed E-state index contributed by atoms with van der Waals surface area (Å²) in [5.74, 6) is 0.228. The summed E-state index contributed by atoms with van der Waals surface area (Å²) in [6.45, 7) is 8.92. The first kappa shape index (κ1) is 24.5. The van der Waals surface area contributed by atoms with E-state index in [-0.39, 0.29) is 30.8 Å². The van der Waals surface area contributed by atoms with Crippen LogP contribution in [0.25, 0.3) is 0 Å². The molecule has 5 atom stereocenters. The highest BCUT2D eigenvalue weighted by molar-refractivity contribution is 5.19. The summed E-state index contributed by atoms with van der Waals surface area (Å²) in [4.78, 5) is 0. The van der Waals surface area contributed by atoms with Gasteiger partial charge in [0, 0.05) is 18.1 Å². The van der Waals surface area contributed by atoms with Gasteiger partial charge >= 0.3 is 0 Å². The quantitative estimate of drug-likeness (QED) is 0.659. The first-order valence-electron chi connectivity index (χ1n) is 11.4. The van der Waals surface area contributed by atoms with Gasteiger partial charge in [0.2, 0.25) is 0 Å². The van der Waals surface area contributed by atoms with Gasteiger partial charge in [-0.1, -0.05) is 94.8 Å². The molecule has 30 heavy (non-hydrogen) atoms. The molecule has 166 valence electrons. The normalized spacial score (nSPS) is 27.6. The Morgan fingerprint density at radius 2 is 1.43 bits per heavy atom. The topological polar surface area (TPSA) is 47.9 Å². The number of rotatable bonds is 4. The van der Waals surface area contributed by atoms with E-state index in [1.807, 2.05) is 62.4 Å². The number of fused-ring (bicyclic) bond motifs is 1. The standard InChI is InChI=1S/C21H24O4.C3H8.C2H6/c22-12-11-18-17-13-19(15-7-3-1-4-8-15)23-14-20(17)25-21(24-18)16-9-5-2-6-10-16;1-3-2;1-2/h1-10,17-22H,11-14H2;3H2,1-2H3;1-2H3. The minimum absolute atomic E-state index is 0.00420. The highest BCUT2D eigenvalue weighted by Gasteiger charge is 2.44. The molecule has 2 fully saturated rings. The van der Waals surface area contributed by atoms with Crippen LogP contribution < -0.4 is 0 Å². The van der Waals surface area contributed by atoms with E-state index in [4.69, 9.17) is 14.2 Å². The summed E-state index contributed by atoms with van der Waals surface area (Å²) in [5, 5.41) is 9.50. The Bertz CT molecular complexity index is 676.